The molecule has 1 aliphatic rings. The molecule has 0 aromatic heterocycles. The van der Waals surface area contributed by atoms with Crippen molar-refractivity contribution in [3.05, 3.63) is 0 Å². The molecule has 100 valence electrons. The third-order valence-corrected chi connectivity index (χ3v) is 3.89. The maximum atomic E-state index is 11.7. The molecule has 17 heavy (non-hydrogen) atoms. The van der Waals surface area contributed by atoms with Gasteiger partial charge in [0.1, 0.15) is 0 Å². The van der Waals surface area contributed by atoms with Crippen LogP contribution in [0.5, 0.6) is 0 Å². The first kappa shape index (κ1) is 14.5. The van der Waals surface area contributed by atoms with Gasteiger partial charge in [-0.15, -0.1) is 0 Å². The van der Waals surface area contributed by atoms with E-state index in [9.17, 15) is 9.90 Å². The predicted octanol–water partition coefficient (Wildman–Crippen LogP) is 0.885. The second kappa shape index (κ2) is 6.97. The third-order valence-electron chi connectivity index (χ3n) is 3.89. The lowest BCUT2D eigenvalue weighted by Gasteiger charge is -2.19. The molecule has 1 fully saturated rings. The van der Waals surface area contributed by atoms with Crippen molar-refractivity contribution in [3.63, 3.8) is 0 Å². The number of amides is 1. The summed E-state index contributed by atoms with van der Waals surface area (Å²) in [6.07, 6.45) is 3.76. The molecule has 0 heterocycles. The fraction of sp³-hybridized carbons (Fsp3) is 0.923. The molecule has 1 aliphatic carbocycles. The standard InChI is InChI=1S/C13H26N2O2/c1-9(2)12(14)6-13(17)15-7-10-4-3-5-11(10)8-16/h9-12,16H,3-8,14H2,1-2H3,(H,15,17). The van der Waals surface area contributed by atoms with Crippen molar-refractivity contribution < 1.29 is 9.90 Å². The third kappa shape index (κ3) is 4.64. The Morgan fingerprint density at radius 2 is 2.06 bits per heavy atom. The van der Waals surface area contributed by atoms with Gasteiger partial charge in [0.15, 0.2) is 0 Å². The fourth-order valence-electron chi connectivity index (χ4n) is 2.39. The van der Waals surface area contributed by atoms with Crippen LogP contribution < -0.4 is 11.1 Å². The zero-order valence-corrected chi connectivity index (χ0v) is 11.0. The zero-order valence-electron chi connectivity index (χ0n) is 11.0. The van der Waals surface area contributed by atoms with Crippen molar-refractivity contribution in [2.24, 2.45) is 23.5 Å². The molecule has 1 rings (SSSR count). The van der Waals surface area contributed by atoms with Crippen molar-refractivity contribution in [1.82, 2.24) is 5.32 Å². The number of nitrogens with two attached hydrogens (primary N) is 1. The quantitative estimate of drug-likeness (QED) is 0.647. The van der Waals surface area contributed by atoms with Gasteiger partial charge in [0, 0.05) is 25.6 Å². The van der Waals surface area contributed by atoms with Gasteiger partial charge in [-0.3, -0.25) is 4.79 Å². The molecule has 4 nitrogen and oxygen atoms in total. The monoisotopic (exact) mass is 242 g/mol. The molecular formula is C13H26N2O2. The molecule has 0 saturated heterocycles. The smallest absolute Gasteiger partial charge is 0.221 e. The number of aliphatic hydroxyl groups is 1. The summed E-state index contributed by atoms with van der Waals surface area (Å²) < 4.78 is 0. The summed E-state index contributed by atoms with van der Waals surface area (Å²) in [5.41, 5.74) is 5.85. The van der Waals surface area contributed by atoms with Crippen LogP contribution in [-0.4, -0.2) is 30.2 Å². The number of rotatable bonds is 6. The van der Waals surface area contributed by atoms with Crippen LogP contribution in [0.2, 0.25) is 0 Å². The number of aliphatic hydroxyl groups excluding tert-OH is 1. The molecule has 3 unspecified atom stereocenters. The summed E-state index contributed by atoms with van der Waals surface area (Å²) >= 11 is 0. The average Bonchev–Trinajstić information content (AvgIpc) is 2.73. The highest BCUT2D eigenvalue weighted by Gasteiger charge is 2.26. The Bertz CT molecular complexity index is 244. The first-order chi connectivity index (χ1) is 8.04. The fourth-order valence-corrected chi connectivity index (χ4v) is 2.39. The van der Waals surface area contributed by atoms with E-state index in [1.54, 1.807) is 0 Å². The number of hydrogen-bond donors (Lipinski definition) is 3. The van der Waals surface area contributed by atoms with E-state index in [-0.39, 0.29) is 18.6 Å². The van der Waals surface area contributed by atoms with E-state index >= 15 is 0 Å². The Hall–Kier alpha value is -0.610. The van der Waals surface area contributed by atoms with Crippen LogP contribution in [0.1, 0.15) is 39.5 Å². The number of carbonyl (C=O) groups is 1. The highest BCUT2D eigenvalue weighted by molar-refractivity contribution is 5.76. The number of carbonyl (C=O) groups excluding carboxylic acids is 1. The Morgan fingerprint density at radius 1 is 1.41 bits per heavy atom. The highest BCUT2D eigenvalue weighted by atomic mass is 16.3. The molecule has 4 N–H and O–H groups in total. The summed E-state index contributed by atoms with van der Waals surface area (Å²) in [7, 11) is 0. The second-order valence-corrected chi connectivity index (χ2v) is 5.55. The number of nitrogens with one attached hydrogen (secondary N) is 1. The maximum Gasteiger partial charge on any atom is 0.221 e. The van der Waals surface area contributed by atoms with E-state index in [1.807, 2.05) is 13.8 Å². The highest BCUT2D eigenvalue weighted by Crippen LogP contribution is 2.30. The molecule has 0 aromatic rings. The molecular weight excluding hydrogens is 216 g/mol. The van der Waals surface area contributed by atoms with Gasteiger partial charge in [0.05, 0.1) is 0 Å². The van der Waals surface area contributed by atoms with Crippen LogP contribution >= 0.6 is 0 Å². The number of hydrogen-bond acceptors (Lipinski definition) is 3. The second-order valence-electron chi connectivity index (χ2n) is 5.55. The van der Waals surface area contributed by atoms with E-state index in [4.69, 9.17) is 5.73 Å². The molecule has 0 radical (unpaired) electrons. The van der Waals surface area contributed by atoms with E-state index in [0.29, 0.717) is 30.7 Å². The van der Waals surface area contributed by atoms with Crippen molar-refractivity contribution in [3.8, 4) is 0 Å². The van der Waals surface area contributed by atoms with Gasteiger partial charge in [0.2, 0.25) is 5.91 Å². The van der Waals surface area contributed by atoms with E-state index in [1.165, 1.54) is 0 Å². The summed E-state index contributed by atoms with van der Waals surface area (Å²) in [4.78, 5) is 11.7. The molecule has 0 aromatic carbocycles. The summed E-state index contributed by atoms with van der Waals surface area (Å²) in [6, 6.07) is -0.0628. The normalized spacial score (nSPS) is 26.2. The van der Waals surface area contributed by atoms with Gasteiger partial charge >= 0.3 is 0 Å². The maximum absolute atomic E-state index is 11.7. The van der Waals surface area contributed by atoms with E-state index in [0.717, 1.165) is 19.3 Å². The van der Waals surface area contributed by atoms with Gasteiger partial charge < -0.3 is 16.2 Å². The van der Waals surface area contributed by atoms with Crippen molar-refractivity contribution in [2.45, 2.75) is 45.6 Å². The van der Waals surface area contributed by atoms with Crippen LogP contribution in [0.25, 0.3) is 0 Å². The Balaban J connectivity index is 2.23. The zero-order chi connectivity index (χ0) is 12.8. The molecule has 4 heteroatoms. The van der Waals surface area contributed by atoms with E-state index < -0.39 is 0 Å². The molecule has 0 spiro atoms. The van der Waals surface area contributed by atoms with Crippen LogP contribution in [0.3, 0.4) is 0 Å². The Kier molecular flexibility index (Phi) is 5.92. The lowest BCUT2D eigenvalue weighted by atomic mass is 9.96. The molecule has 0 aliphatic heterocycles. The molecule has 1 amide bonds. The van der Waals surface area contributed by atoms with Crippen LogP contribution in [0.4, 0.5) is 0 Å². The molecule has 3 atom stereocenters. The van der Waals surface area contributed by atoms with Crippen molar-refractivity contribution in [1.29, 1.82) is 0 Å². The van der Waals surface area contributed by atoms with Crippen LogP contribution in [0.15, 0.2) is 0 Å². The predicted molar refractivity (Wildman–Crippen MR) is 68.4 cm³/mol. The van der Waals surface area contributed by atoms with Crippen molar-refractivity contribution in [2.75, 3.05) is 13.2 Å². The van der Waals surface area contributed by atoms with Gasteiger partial charge in [-0.1, -0.05) is 20.3 Å². The van der Waals surface area contributed by atoms with Crippen LogP contribution in [0, 0.1) is 17.8 Å². The average molecular weight is 242 g/mol. The Labute approximate surface area is 104 Å². The first-order valence-electron chi connectivity index (χ1n) is 6.67. The van der Waals surface area contributed by atoms with Crippen molar-refractivity contribution >= 4 is 5.91 Å². The summed E-state index contributed by atoms with van der Waals surface area (Å²) in [5.74, 6) is 1.18. The van der Waals surface area contributed by atoms with Gasteiger partial charge in [-0.05, 0) is 30.6 Å². The molecule has 0 bridgehead atoms. The van der Waals surface area contributed by atoms with E-state index in [2.05, 4.69) is 5.32 Å². The van der Waals surface area contributed by atoms with Gasteiger partial charge in [-0.25, -0.2) is 0 Å². The largest absolute Gasteiger partial charge is 0.396 e. The Morgan fingerprint density at radius 3 is 2.65 bits per heavy atom. The summed E-state index contributed by atoms with van der Waals surface area (Å²) in [6.45, 7) is 4.98. The van der Waals surface area contributed by atoms with Crippen LogP contribution in [-0.2, 0) is 4.79 Å². The topological polar surface area (TPSA) is 75.4 Å². The lowest BCUT2D eigenvalue weighted by molar-refractivity contribution is -0.121. The SMILES string of the molecule is CC(C)C(N)CC(=O)NCC1CCCC1CO. The molecule has 1 saturated carbocycles. The summed E-state index contributed by atoms with van der Waals surface area (Å²) in [5, 5.41) is 12.1. The first-order valence-corrected chi connectivity index (χ1v) is 6.67. The van der Waals surface area contributed by atoms with Gasteiger partial charge in [0.25, 0.3) is 0 Å². The lowest BCUT2D eigenvalue weighted by Crippen LogP contribution is -2.37. The van der Waals surface area contributed by atoms with Gasteiger partial charge in [-0.2, -0.15) is 0 Å². The minimum Gasteiger partial charge on any atom is -0.396 e. The minimum atomic E-state index is -0.0628. The minimum absolute atomic E-state index is 0.0368.